The molecule has 0 N–H and O–H groups in total. The van der Waals surface area contributed by atoms with Gasteiger partial charge >= 0.3 is 52.7 Å². The number of para-hydroxylation sites is 1. The van der Waals surface area contributed by atoms with Crippen LogP contribution in [0.15, 0.2) is 34.6 Å². The summed E-state index contributed by atoms with van der Waals surface area (Å²) in [6.45, 7) is 0. The fourth-order valence-electron chi connectivity index (χ4n) is 0.906. The second kappa shape index (κ2) is 2.89. The third kappa shape index (κ3) is 1.07. The van der Waals surface area contributed by atoms with Crippen LogP contribution in [0.5, 0.6) is 0 Å². The maximum absolute atomic E-state index is 5.12. The van der Waals surface area contributed by atoms with Crippen molar-refractivity contribution in [2.75, 3.05) is 0 Å². The Morgan fingerprint density at radius 3 is 2.80 bits per heavy atom. The minimum absolute atomic E-state index is 0. The predicted octanol–water partition coefficient (Wildman–Crippen LogP) is 2.19. The van der Waals surface area contributed by atoms with Crippen LogP contribution < -0.4 is 0 Å². The van der Waals surface area contributed by atoms with Crippen LogP contribution in [-0.4, -0.2) is 7.13 Å². The second-order valence-electron chi connectivity index (χ2n) is 1.96. The Hall–Kier alpha value is -0.755. The molecule has 0 radical (unpaired) electrons. The van der Waals surface area contributed by atoms with Crippen LogP contribution in [-0.2, 0) is 0 Å². The molecule has 2 rings (SSSR count). The number of rotatable bonds is 0. The van der Waals surface area contributed by atoms with Crippen LogP contribution in [0.4, 0.5) is 0 Å². The van der Waals surface area contributed by atoms with Crippen LogP contribution in [0.25, 0.3) is 11.0 Å². The Kier molecular flexibility index (Phi) is 2.12. The molecule has 0 bridgehead atoms. The Labute approximate surface area is 65.7 Å². The molecule has 1 aromatic carbocycles. The van der Waals surface area contributed by atoms with Crippen LogP contribution in [0.3, 0.4) is 0 Å². The van der Waals surface area contributed by atoms with Crippen LogP contribution in [0.2, 0.25) is 0 Å². The second-order valence-corrected chi connectivity index (χ2v) is 1.96. The van der Waals surface area contributed by atoms with E-state index in [9.17, 15) is 0 Å². The predicted molar refractivity (Wildman–Crippen MR) is 44.8 cm³/mol. The normalized spacial score (nSPS) is 8.80. The zero-order valence-corrected chi connectivity index (χ0v) is 6.10. The maximum atomic E-state index is 5.12. The summed E-state index contributed by atoms with van der Waals surface area (Å²) in [5.74, 6) is 1.95. The van der Waals surface area contributed by atoms with E-state index in [1.165, 1.54) is 0 Å². The van der Waals surface area contributed by atoms with Gasteiger partial charge in [-0.3, -0.25) is 0 Å². The fraction of sp³-hybridized carbons (Fsp3) is 0. The first kappa shape index (κ1) is 7.35. The van der Waals surface area contributed by atoms with E-state index in [0.717, 1.165) is 11.0 Å². The zero-order valence-electron chi connectivity index (χ0n) is 5.28. The molecule has 0 saturated heterocycles. The molecule has 0 aliphatic carbocycles. The molecule has 0 fully saturated rings. The van der Waals surface area contributed by atoms with Gasteiger partial charge in [0, 0.05) is 0 Å². The topological polar surface area (TPSA) is 13.1 Å². The summed E-state index contributed by atoms with van der Waals surface area (Å²) in [5.41, 5.74) is 0.956. The summed E-state index contributed by atoms with van der Waals surface area (Å²) in [6.07, 6.45) is 0. The molecule has 0 unspecified atom stereocenters. The average Bonchev–Trinajstić information content (AvgIpc) is 2.33. The monoisotopic (exact) mass is 152 g/mol. The molecule has 2 aromatic rings. The molecule has 3 heteroatoms. The van der Waals surface area contributed by atoms with Crippen LogP contribution in [0.1, 0.15) is 0 Å². The SMILES string of the molecule is Cl.b1cc2ccccc2o1. The van der Waals surface area contributed by atoms with E-state index in [2.05, 4.69) is 0 Å². The fourth-order valence-corrected chi connectivity index (χ4v) is 0.906. The van der Waals surface area contributed by atoms with Gasteiger partial charge in [-0.2, -0.15) is 0 Å². The number of fused-ring (bicyclic) bond motifs is 1. The molecule has 0 aliphatic heterocycles. The molecule has 1 nitrogen and oxygen atoms in total. The Morgan fingerprint density at radius 1 is 1.20 bits per heavy atom. The van der Waals surface area contributed by atoms with Crippen molar-refractivity contribution in [1.82, 2.24) is 0 Å². The molecular formula is C7H6BClO. The van der Waals surface area contributed by atoms with Gasteiger partial charge in [0.2, 0.25) is 0 Å². The molecule has 0 amide bonds. The Morgan fingerprint density at radius 2 is 2.00 bits per heavy atom. The van der Waals surface area contributed by atoms with E-state index in [1.807, 2.05) is 30.2 Å². The van der Waals surface area contributed by atoms with Crippen LogP contribution >= 0.6 is 12.4 Å². The van der Waals surface area contributed by atoms with Crippen molar-refractivity contribution in [1.29, 1.82) is 0 Å². The summed E-state index contributed by atoms with van der Waals surface area (Å²) in [4.78, 5) is 0. The molecule has 0 spiro atoms. The van der Waals surface area contributed by atoms with E-state index in [1.54, 1.807) is 7.13 Å². The van der Waals surface area contributed by atoms with Gasteiger partial charge in [0.05, 0.1) is 0 Å². The van der Waals surface area contributed by atoms with Gasteiger partial charge in [-0.1, -0.05) is 0 Å². The van der Waals surface area contributed by atoms with Gasteiger partial charge in [0.1, 0.15) is 0 Å². The van der Waals surface area contributed by atoms with Crippen molar-refractivity contribution in [2.45, 2.75) is 0 Å². The van der Waals surface area contributed by atoms with Gasteiger partial charge in [-0.05, 0) is 0 Å². The van der Waals surface area contributed by atoms with Crippen LogP contribution in [0, 0.1) is 0 Å². The summed E-state index contributed by atoms with van der Waals surface area (Å²) in [5, 5.41) is 1.16. The Balaban J connectivity index is 0.000000500. The third-order valence-corrected chi connectivity index (χ3v) is 1.36. The molecule has 50 valence electrons. The molecule has 0 aliphatic rings. The van der Waals surface area contributed by atoms with Crippen molar-refractivity contribution in [3.63, 3.8) is 0 Å². The molecule has 1 aromatic heterocycles. The first-order chi connectivity index (χ1) is 4.47. The quantitative estimate of drug-likeness (QED) is 0.564. The van der Waals surface area contributed by atoms with E-state index >= 15 is 0 Å². The number of halogens is 1. The van der Waals surface area contributed by atoms with Crippen molar-refractivity contribution in [2.24, 2.45) is 0 Å². The molecule has 0 atom stereocenters. The van der Waals surface area contributed by atoms with E-state index in [4.69, 9.17) is 4.33 Å². The molecule has 10 heavy (non-hydrogen) atoms. The van der Waals surface area contributed by atoms with Gasteiger partial charge < -0.3 is 0 Å². The number of benzene rings is 1. The van der Waals surface area contributed by atoms with Gasteiger partial charge in [-0.25, -0.2) is 0 Å². The first-order valence-corrected chi connectivity index (χ1v) is 2.89. The molecular weight excluding hydrogens is 146 g/mol. The summed E-state index contributed by atoms with van der Waals surface area (Å²) in [7, 11) is 1.70. The zero-order chi connectivity index (χ0) is 6.10. The van der Waals surface area contributed by atoms with Gasteiger partial charge in [0.15, 0.2) is 0 Å². The van der Waals surface area contributed by atoms with E-state index in [0.29, 0.717) is 0 Å². The number of hydrogen-bond acceptors (Lipinski definition) is 1. The van der Waals surface area contributed by atoms with Crippen molar-refractivity contribution in [3.8, 4) is 0 Å². The van der Waals surface area contributed by atoms with E-state index in [-0.39, 0.29) is 12.4 Å². The van der Waals surface area contributed by atoms with Crippen molar-refractivity contribution in [3.05, 3.63) is 30.2 Å². The third-order valence-electron chi connectivity index (χ3n) is 1.36. The standard InChI is InChI=1S/C7H5BO.ClH/c1-2-4-7-6(3-1)5-8-9-7;/h1-5H;1H. The van der Waals surface area contributed by atoms with Crippen molar-refractivity contribution >= 4 is 30.5 Å². The van der Waals surface area contributed by atoms with Gasteiger partial charge in [0.25, 0.3) is 0 Å². The van der Waals surface area contributed by atoms with Gasteiger partial charge in [-0.15, -0.1) is 12.4 Å². The molecule has 1 heterocycles. The summed E-state index contributed by atoms with van der Waals surface area (Å²) < 4.78 is 5.12. The first-order valence-electron chi connectivity index (χ1n) is 2.89. The number of hydrogen-bond donors (Lipinski definition) is 0. The summed E-state index contributed by atoms with van der Waals surface area (Å²) in [6, 6.07) is 7.94. The summed E-state index contributed by atoms with van der Waals surface area (Å²) >= 11 is 0. The minimum atomic E-state index is 0. The van der Waals surface area contributed by atoms with Crippen molar-refractivity contribution < 1.29 is 4.33 Å². The Bertz CT molecular complexity index is 288. The molecule has 0 saturated carbocycles. The average molecular weight is 152 g/mol. The van der Waals surface area contributed by atoms with E-state index < -0.39 is 0 Å².